The van der Waals surface area contributed by atoms with Crippen molar-refractivity contribution in [3.8, 4) is 0 Å². The number of nitrogens with one attached hydrogen (secondary N) is 1. The van der Waals surface area contributed by atoms with E-state index in [2.05, 4.69) is 5.32 Å². The van der Waals surface area contributed by atoms with Gasteiger partial charge in [-0.3, -0.25) is 0 Å². The second-order valence-corrected chi connectivity index (χ2v) is 1.98. The number of hydrogen-bond acceptors (Lipinski definition) is 1. The van der Waals surface area contributed by atoms with Gasteiger partial charge >= 0.3 is 0 Å². The van der Waals surface area contributed by atoms with Crippen LogP contribution in [0, 0.1) is 6.42 Å². The molecule has 0 unspecified atom stereocenters. The lowest BCUT2D eigenvalue weighted by Crippen LogP contribution is -2.38. The second-order valence-electron chi connectivity index (χ2n) is 1.98. The molecule has 1 nitrogen and oxygen atoms in total. The summed E-state index contributed by atoms with van der Waals surface area (Å²) in [6.07, 6.45) is 1.49. The summed E-state index contributed by atoms with van der Waals surface area (Å²) in [6, 6.07) is 0. The molecule has 0 aliphatic carbocycles. The standard InChI is InChI=1S/C5H8F2N/c6-5(7)2-1-3-8-4-5/h1,8H,2-4H2. The lowest BCUT2D eigenvalue weighted by atomic mass is 10.1. The zero-order chi connectivity index (χ0) is 6.04. The van der Waals surface area contributed by atoms with Gasteiger partial charge in [0.1, 0.15) is 0 Å². The highest BCUT2D eigenvalue weighted by molar-refractivity contribution is 4.85. The van der Waals surface area contributed by atoms with Crippen molar-refractivity contribution in [2.24, 2.45) is 0 Å². The van der Waals surface area contributed by atoms with Crippen LogP contribution in [0.25, 0.3) is 0 Å². The van der Waals surface area contributed by atoms with Crippen LogP contribution in [0.15, 0.2) is 0 Å². The Balaban J connectivity index is 2.33. The van der Waals surface area contributed by atoms with Crippen molar-refractivity contribution >= 4 is 0 Å². The van der Waals surface area contributed by atoms with Gasteiger partial charge in [0.15, 0.2) is 0 Å². The van der Waals surface area contributed by atoms with E-state index in [0.717, 1.165) is 0 Å². The maximum absolute atomic E-state index is 12.1. The van der Waals surface area contributed by atoms with E-state index >= 15 is 0 Å². The summed E-state index contributed by atoms with van der Waals surface area (Å²) < 4.78 is 24.2. The van der Waals surface area contributed by atoms with Crippen LogP contribution in [0.5, 0.6) is 0 Å². The zero-order valence-corrected chi connectivity index (χ0v) is 4.45. The summed E-state index contributed by atoms with van der Waals surface area (Å²) in [4.78, 5) is 0. The SMILES string of the molecule is FC1(F)C[CH]CNC1. The molecule has 0 aromatic carbocycles. The molecule has 1 fully saturated rings. The largest absolute Gasteiger partial charge is 0.311 e. The Hall–Kier alpha value is -0.180. The van der Waals surface area contributed by atoms with Crippen LogP contribution >= 0.6 is 0 Å². The highest BCUT2D eigenvalue weighted by Gasteiger charge is 2.30. The fourth-order valence-electron chi connectivity index (χ4n) is 0.713. The Labute approximate surface area is 47.1 Å². The lowest BCUT2D eigenvalue weighted by Gasteiger charge is -2.21. The first-order valence-corrected chi connectivity index (χ1v) is 2.61. The van der Waals surface area contributed by atoms with Crippen LogP contribution in [0.1, 0.15) is 6.42 Å². The molecule has 1 rings (SSSR count). The number of rotatable bonds is 0. The minimum Gasteiger partial charge on any atom is -0.311 e. The van der Waals surface area contributed by atoms with E-state index in [4.69, 9.17) is 0 Å². The Kier molecular flexibility index (Phi) is 1.47. The van der Waals surface area contributed by atoms with Gasteiger partial charge in [0.05, 0.1) is 6.54 Å². The molecular formula is C5H8F2N. The van der Waals surface area contributed by atoms with Gasteiger partial charge in [-0.25, -0.2) is 8.78 Å². The fraction of sp³-hybridized carbons (Fsp3) is 0.800. The molecule has 1 heterocycles. The minimum atomic E-state index is -2.49. The van der Waals surface area contributed by atoms with Crippen molar-refractivity contribution < 1.29 is 8.78 Å². The van der Waals surface area contributed by atoms with E-state index in [1.54, 1.807) is 6.42 Å². The zero-order valence-electron chi connectivity index (χ0n) is 4.45. The molecule has 0 spiro atoms. The van der Waals surface area contributed by atoms with Crippen molar-refractivity contribution in [1.29, 1.82) is 0 Å². The molecule has 3 heteroatoms. The van der Waals surface area contributed by atoms with E-state index in [0.29, 0.717) is 6.54 Å². The molecule has 0 bridgehead atoms. The van der Waals surface area contributed by atoms with Gasteiger partial charge in [-0.1, -0.05) is 0 Å². The van der Waals surface area contributed by atoms with E-state index in [1.165, 1.54) is 0 Å². The first-order valence-electron chi connectivity index (χ1n) is 2.61. The molecular weight excluding hydrogens is 112 g/mol. The monoisotopic (exact) mass is 120 g/mol. The van der Waals surface area contributed by atoms with Gasteiger partial charge in [-0.2, -0.15) is 0 Å². The topological polar surface area (TPSA) is 12.0 Å². The molecule has 0 aromatic rings. The van der Waals surface area contributed by atoms with Gasteiger partial charge in [0.2, 0.25) is 0 Å². The van der Waals surface area contributed by atoms with Crippen LogP contribution in [0.4, 0.5) is 8.78 Å². The average molecular weight is 120 g/mol. The van der Waals surface area contributed by atoms with Gasteiger partial charge in [-0.05, 0) is 13.0 Å². The molecule has 1 N–H and O–H groups in total. The summed E-state index contributed by atoms with van der Waals surface area (Å²) in [7, 11) is 0. The normalized spacial score (nSPS) is 27.8. The number of halogens is 2. The van der Waals surface area contributed by atoms with Crippen LogP contribution in [-0.2, 0) is 0 Å². The predicted molar refractivity (Wildman–Crippen MR) is 26.7 cm³/mol. The van der Waals surface area contributed by atoms with Crippen molar-refractivity contribution in [1.82, 2.24) is 5.32 Å². The lowest BCUT2D eigenvalue weighted by molar-refractivity contribution is -0.00738. The van der Waals surface area contributed by atoms with Crippen LogP contribution in [-0.4, -0.2) is 19.0 Å². The van der Waals surface area contributed by atoms with E-state index < -0.39 is 5.92 Å². The summed E-state index contributed by atoms with van der Waals surface area (Å²) in [6.45, 7) is 0.457. The Morgan fingerprint density at radius 3 is 2.50 bits per heavy atom. The van der Waals surface area contributed by atoms with Crippen LogP contribution in [0.2, 0.25) is 0 Å². The molecule has 1 aliphatic rings. The summed E-state index contributed by atoms with van der Waals surface area (Å²) >= 11 is 0. The highest BCUT2D eigenvalue weighted by Crippen LogP contribution is 2.20. The number of alkyl halides is 2. The molecule has 47 valence electrons. The summed E-state index contributed by atoms with van der Waals surface area (Å²) in [5.41, 5.74) is 0. The van der Waals surface area contributed by atoms with Crippen molar-refractivity contribution in [2.75, 3.05) is 13.1 Å². The van der Waals surface area contributed by atoms with E-state index in [1.807, 2.05) is 0 Å². The molecule has 0 atom stereocenters. The number of piperidine rings is 1. The Morgan fingerprint density at radius 1 is 1.50 bits per heavy atom. The average Bonchev–Trinajstić information content (AvgIpc) is 1.65. The Bertz CT molecular complexity index is 74.5. The minimum absolute atomic E-state index is 0.0694. The molecule has 1 radical (unpaired) electrons. The third-order valence-corrected chi connectivity index (χ3v) is 1.12. The van der Waals surface area contributed by atoms with Crippen molar-refractivity contribution in [3.05, 3.63) is 6.42 Å². The van der Waals surface area contributed by atoms with Gasteiger partial charge in [-0.15, -0.1) is 0 Å². The fourth-order valence-corrected chi connectivity index (χ4v) is 0.713. The summed E-state index contributed by atoms with van der Waals surface area (Å²) in [5.74, 6) is -2.49. The van der Waals surface area contributed by atoms with Gasteiger partial charge in [0.25, 0.3) is 5.92 Å². The van der Waals surface area contributed by atoms with Crippen molar-refractivity contribution in [2.45, 2.75) is 12.3 Å². The predicted octanol–water partition coefficient (Wildman–Crippen LogP) is 0.819. The van der Waals surface area contributed by atoms with Crippen LogP contribution < -0.4 is 5.32 Å². The van der Waals surface area contributed by atoms with E-state index in [9.17, 15) is 8.78 Å². The van der Waals surface area contributed by atoms with E-state index in [-0.39, 0.29) is 13.0 Å². The molecule has 1 aliphatic heterocycles. The maximum atomic E-state index is 12.1. The van der Waals surface area contributed by atoms with Crippen molar-refractivity contribution in [3.63, 3.8) is 0 Å². The molecule has 0 saturated carbocycles. The third kappa shape index (κ3) is 1.40. The Morgan fingerprint density at radius 2 is 2.25 bits per heavy atom. The molecule has 8 heavy (non-hydrogen) atoms. The smallest absolute Gasteiger partial charge is 0.260 e. The maximum Gasteiger partial charge on any atom is 0.260 e. The molecule has 0 amide bonds. The third-order valence-electron chi connectivity index (χ3n) is 1.12. The molecule has 0 aromatic heterocycles. The first kappa shape index (κ1) is 5.95. The number of hydrogen-bond donors (Lipinski definition) is 1. The van der Waals surface area contributed by atoms with Crippen LogP contribution in [0.3, 0.4) is 0 Å². The van der Waals surface area contributed by atoms with Gasteiger partial charge < -0.3 is 5.32 Å². The second kappa shape index (κ2) is 1.97. The first-order chi connectivity index (χ1) is 3.71. The highest BCUT2D eigenvalue weighted by atomic mass is 19.3. The quantitative estimate of drug-likeness (QED) is 0.499. The summed E-state index contributed by atoms with van der Waals surface area (Å²) in [5, 5.41) is 2.57. The molecule has 1 saturated heterocycles. The van der Waals surface area contributed by atoms with Gasteiger partial charge in [0, 0.05) is 6.42 Å².